The molecule has 16 heavy (non-hydrogen) atoms. The molecule has 0 aliphatic rings. The Labute approximate surface area is 99.0 Å². The molecule has 5 heteroatoms. The van der Waals surface area contributed by atoms with Crippen molar-refractivity contribution in [3.05, 3.63) is 29.8 Å². The monoisotopic (exact) mass is 238 g/mol. The van der Waals surface area contributed by atoms with Gasteiger partial charge in [-0.05, 0) is 36.1 Å². The molecule has 1 rings (SSSR count). The van der Waals surface area contributed by atoms with Gasteiger partial charge in [0, 0.05) is 0 Å². The van der Waals surface area contributed by atoms with Crippen LogP contribution in [-0.2, 0) is 4.74 Å². The summed E-state index contributed by atoms with van der Waals surface area (Å²) >= 11 is 1.62. The lowest BCUT2D eigenvalue weighted by atomic mass is 10.2. The van der Waals surface area contributed by atoms with E-state index in [1.807, 2.05) is 6.26 Å². The van der Waals surface area contributed by atoms with Crippen LogP contribution in [0.1, 0.15) is 5.56 Å². The van der Waals surface area contributed by atoms with E-state index < -0.39 is 0 Å². The Balaban J connectivity index is 2.62. The summed E-state index contributed by atoms with van der Waals surface area (Å²) in [5.41, 5.74) is 0.876. The predicted molar refractivity (Wildman–Crippen MR) is 68.5 cm³/mol. The molecule has 1 aromatic rings. The Morgan fingerprint density at radius 2 is 2.12 bits per heavy atom. The van der Waals surface area contributed by atoms with Crippen molar-refractivity contribution in [3.8, 4) is 5.75 Å². The van der Waals surface area contributed by atoms with Crippen LogP contribution in [0.15, 0.2) is 34.5 Å². The number of nitrogens with zero attached hydrogens (tertiary/aromatic N) is 2. The quantitative estimate of drug-likeness (QED) is 0.496. The summed E-state index contributed by atoms with van der Waals surface area (Å²) in [5, 5.41) is 16.9. The summed E-state index contributed by atoms with van der Waals surface area (Å²) in [6.07, 6.45) is 3.58. The molecule has 0 amide bonds. The lowest BCUT2D eigenvalue weighted by Crippen LogP contribution is -2.03. The van der Waals surface area contributed by atoms with E-state index in [4.69, 9.17) is 9.84 Å². The van der Waals surface area contributed by atoms with Crippen LogP contribution in [0, 0.1) is 0 Å². The number of hydrogen-bond donors (Lipinski definition) is 1. The minimum absolute atomic E-state index is 0.237. The molecule has 0 aromatic heterocycles. The van der Waals surface area contributed by atoms with Gasteiger partial charge in [0.1, 0.15) is 5.75 Å². The van der Waals surface area contributed by atoms with Crippen LogP contribution in [0.2, 0.25) is 0 Å². The van der Waals surface area contributed by atoms with Gasteiger partial charge in [0.2, 0.25) is 5.90 Å². The Hall–Kier alpha value is -1.49. The summed E-state index contributed by atoms with van der Waals surface area (Å²) in [7, 11) is 1.57. The van der Waals surface area contributed by atoms with E-state index in [-0.39, 0.29) is 5.75 Å². The Kier molecular flexibility index (Phi) is 5.42. The lowest BCUT2D eigenvalue weighted by molar-refractivity contribution is 0.399. The molecule has 0 saturated carbocycles. The van der Waals surface area contributed by atoms with Gasteiger partial charge in [-0.15, -0.1) is 5.10 Å². The van der Waals surface area contributed by atoms with Gasteiger partial charge in [-0.3, -0.25) is 0 Å². The second-order valence-corrected chi connectivity index (χ2v) is 3.83. The smallest absolute Gasteiger partial charge is 0.218 e. The molecular weight excluding hydrogens is 224 g/mol. The minimum atomic E-state index is 0.237. The first-order valence-electron chi connectivity index (χ1n) is 4.68. The summed E-state index contributed by atoms with van der Waals surface area (Å²) in [5.74, 6) is 1.52. The molecule has 86 valence electrons. The van der Waals surface area contributed by atoms with Gasteiger partial charge in [-0.1, -0.05) is 0 Å². The molecular formula is C11H14N2O2S. The van der Waals surface area contributed by atoms with Gasteiger partial charge >= 0.3 is 0 Å². The standard InChI is InChI=1S/C11H14N2O2S/c1-15-11(8-16-2)13-12-7-9-3-5-10(14)6-4-9/h3-7,14H,8H2,1-2H3/b12-7+,13-11-. The van der Waals surface area contributed by atoms with Gasteiger partial charge in [0.05, 0.1) is 19.1 Å². The fraction of sp³-hybridized carbons (Fsp3) is 0.273. The molecule has 0 aliphatic heterocycles. The van der Waals surface area contributed by atoms with Gasteiger partial charge in [0.15, 0.2) is 0 Å². The van der Waals surface area contributed by atoms with Crippen LogP contribution >= 0.6 is 11.8 Å². The van der Waals surface area contributed by atoms with E-state index in [0.717, 1.165) is 5.56 Å². The largest absolute Gasteiger partial charge is 0.508 e. The fourth-order valence-corrected chi connectivity index (χ4v) is 1.39. The van der Waals surface area contributed by atoms with Crippen molar-refractivity contribution in [2.75, 3.05) is 19.1 Å². The topological polar surface area (TPSA) is 54.2 Å². The molecule has 0 bridgehead atoms. The summed E-state index contributed by atoms with van der Waals surface area (Å²) in [4.78, 5) is 0. The molecule has 0 aliphatic carbocycles. The van der Waals surface area contributed by atoms with Crippen LogP contribution in [0.4, 0.5) is 0 Å². The van der Waals surface area contributed by atoms with Crippen molar-refractivity contribution >= 4 is 23.9 Å². The SMILES string of the molecule is CO/C(CSC)=N\N=C\c1ccc(O)cc1. The number of thioether (sulfide) groups is 1. The molecule has 4 nitrogen and oxygen atoms in total. The van der Waals surface area contributed by atoms with Gasteiger partial charge in [-0.2, -0.15) is 16.9 Å². The highest BCUT2D eigenvalue weighted by Crippen LogP contribution is 2.07. The maximum atomic E-state index is 9.08. The Morgan fingerprint density at radius 1 is 1.44 bits per heavy atom. The number of ether oxygens (including phenoxy) is 1. The number of aromatic hydroxyl groups is 1. The average molecular weight is 238 g/mol. The zero-order valence-corrected chi connectivity index (χ0v) is 10.1. The molecule has 0 fully saturated rings. The van der Waals surface area contributed by atoms with Crippen LogP contribution in [-0.4, -0.2) is 36.3 Å². The van der Waals surface area contributed by atoms with Crippen molar-refractivity contribution < 1.29 is 9.84 Å². The number of methoxy groups -OCH3 is 1. The van der Waals surface area contributed by atoms with E-state index in [1.165, 1.54) is 0 Å². The number of rotatable bonds is 4. The Morgan fingerprint density at radius 3 is 2.69 bits per heavy atom. The molecule has 0 spiro atoms. The van der Waals surface area contributed by atoms with E-state index >= 15 is 0 Å². The average Bonchev–Trinajstić information content (AvgIpc) is 2.30. The zero-order valence-electron chi connectivity index (χ0n) is 9.25. The molecule has 0 heterocycles. The maximum absolute atomic E-state index is 9.08. The van der Waals surface area contributed by atoms with Gasteiger partial charge < -0.3 is 9.84 Å². The fourth-order valence-electron chi connectivity index (χ4n) is 0.972. The van der Waals surface area contributed by atoms with E-state index in [1.54, 1.807) is 49.4 Å². The molecule has 0 radical (unpaired) electrons. The predicted octanol–water partition coefficient (Wildman–Crippen LogP) is 2.13. The van der Waals surface area contributed by atoms with Crippen LogP contribution < -0.4 is 0 Å². The number of phenols is 1. The van der Waals surface area contributed by atoms with Crippen molar-refractivity contribution in [1.82, 2.24) is 0 Å². The first kappa shape index (κ1) is 12.6. The highest BCUT2D eigenvalue weighted by molar-refractivity contribution is 7.99. The number of hydrogen-bond acceptors (Lipinski definition) is 5. The molecule has 0 saturated heterocycles. The summed E-state index contributed by atoms with van der Waals surface area (Å²) in [6.45, 7) is 0. The third kappa shape index (κ3) is 4.35. The van der Waals surface area contributed by atoms with E-state index in [2.05, 4.69) is 10.2 Å². The van der Waals surface area contributed by atoms with Crippen LogP contribution in [0.5, 0.6) is 5.75 Å². The third-order valence-electron chi connectivity index (χ3n) is 1.77. The molecule has 0 unspecified atom stereocenters. The second-order valence-electron chi connectivity index (χ2n) is 2.97. The van der Waals surface area contributed by atoms with Crippen LogP contribution in [0.25, 0.3) is 0 Å². The highest BCUT2D eigenvalue weighted by atomic mass is 32.2. The zero-order chi connectivity index (χ0) is 11.8. The minimum Gasteiger partial charge on any atom is -0.508 e. The van der Waals surface area contributed by atoms with Crippen molar-refractivity contribution in [2.45, 2.75) is 0 Å². The van der Waals surface area contributed by atoms with Gasteiger partial charge in [-0.25, -0.2) is 0 Å². The summed E-state index contributed by atoms with van der Waals surface area (Å²) < 4.78 is 5.02. The molecule has 1 aromatic carbocycles. The van der Waals surface area contributed by atoms with Crippen molar-refractivity contribution in [2.24, 2.45) is 10.2 Å². The lowest BCUT2D eigenvalue weighted by Gasteiger charge is -1.98. The number of benzene rings is 1. The van der Waals surface area contributed by atoms with Crippen LogP contribution in [0.3, 0.4) is 0 Å². The number of phenolic OH excluding ortho intramolecular Hbond substituents is 1. The van der Waals surface area contributed by atoms with Gasteiger partial charge in [0.25, 0.3) is 0 Å². The first-order valence-corrected chi connectivity index (χ1v) is 6.07. The Bertz CT molecular complexity index is 374. The second kappa shape index (κ2) is 6.90. The summed E-state index contributed by atoms with van der Waals surface area (Å²) in [6, 6.07) is 6.72. The third-order valence-corrected chi connectivity index (χ3v) is 2.31. The first-order chi connectivity index (χ1) is 7.76. The van der Waals surface area contributed by atoms with Crippen molar-refractivity contribution in [1.29, 1.82) is 0 Å². The van der Waals surface area contributed by atoms with E-state index in [9.17, 15) is 0 Å². The normalized spacial score (nSPS) is 12.0. The van der Waals surface area contributed by atoms with E-state index in [0.29, 0.717) is 11.7 Å². The van der Waals surface area contributed by atoms with Crippen molar-refractivity contribution in [3.63, 3.8) is 0 Å². The molecule has 1 N–H and O–H groups in total. The maximum Gasteiger partial charge on any atom is 0.218 e. The molecule has 0 atom stereocenters. The highest BCUT2D eigenvalue weighted by Gasteiger charge is 1.94.